The minimum absolute atomic E-state index is 0.0350. The number of quaternary nitrogens is 1. The number of carbonyl (C=O) groups is 2. The van der Waals surface area contributed by atoms with Gasteiger partial charge < -0.3 is 18.9 Å². The van der Waals surface area contributed by atoms with Gasteiger partial charge in [0.05, 0.1) is 27.7 Å². The number of unbranched alkanes of at least 4 members (excludes halogenated alkanes) is 11. The minimum atomic E-state index is -4.34. The Morgan fingerprint density at radius 1 is 0.730 bits per heavy atom. The van der Waals surface area contributed by atoms with Crippen LogP contribution in [0.5, 0.6) is 0 Å². The Kier molecular flexibility index (Phi) is 21.3. The molecule has 2 atom stereocenters. The van der Waals surface area contributed by atoms with Crippen molar-refractivity contribution in [1.29, 1.82) is 0 Å². The van der Waals surface area contributed by atoms with Gasteiger partial charge in [0.1, 0.15) is 19.8 Å². The quantitative estimate of drug-likeness (QED) is 0.0620. The topological polar surface area (TPSA) is 108 Å². The monoisotopic (exact) mass is 552 g/mol. The number of hydrogen-bond acceptors (Lipinski definition) is 7. The normalized spacial score (nSPS) is 14.2. The van der Waals surface area contributed by atoms with E-state index in [4.69, 9.17) is 18.5 Å². The van der Waals surface area contributed by atoms with E-state index in [1.165, 1.54) is 32.1 Å². The van der Waals surface area contributed by atoms with Gasteiger partial charge >= 0.3 is 19.8 Å². The van der Waals surface area contributed by atoms with Crippen molar-refractivity contribution in [3.8, 4) is 0 Å². The maximum absolute atomic E-state index is 12.4. The predicted molar refractivity (Wildman–Crippen MR) is 146 cm³/mol. The first-order valence-corrected chi connectivity index (χ1v) is 15.8. The van der Waals surface area contributed by atoms with Crippen LogP contribution in [0.4, 0.5) is 0 Å². The van der Waals surface area contributed by atoms with Crippen LogP contribution >= 0.6 is 7.82 Å². The van der Waals surface area contributed by atoms with Gasteiger partial charge in [-0.1, -0.05) is 84.5 Å². The molecular weight excluding hydrogens is 497 g/mol. The van der Waals surface area contributed by atoms with Crippen molar-refractivity contribution < 1.29 is 42.1 Å². The first-order valence-electron chi connectivity index (χ1n) is 14.3. The van der Waals surface area contributed by atoms with Gasteiger partial charge in [-0.25, -0.2) is 4.57 Å². The predicted octanol–water partition coefficient (Wildman–Crippen LogP) is 6.17. The van der Waals surface area contributed by atoms with Crippen LogP contribution < -0.4 is 0 Å². The Hall–Kier alpha value is -0.990. The smallest absolute Gasteiger partial charge is 0.462 e. The summed E-state index contributed by atoms with van der Waals surface area (Å²) in [6, 6.07) is 0. The largest absolute Gasteiger partial charge is 0.472 e. The number of carbonyl (C=O) groups excluding carboxylic acids is 2. The van der Waals surface area contributed by atoms with Gasteiger partial charge in [-0.3, -0.25) is 18.6 Å². The van der Waals surface area contributed by atoms with Gasteiger partial charge in [0.2, 0.25) is 0 Å². The van der Waals surface area contributed by atoms with Gasteiger partial charge in [-0.05, 0) is 12.8 Å². The fraction of sp³-hybridized carbons (Fsp3) is 0.926. The van der Waals surface area contributed by atoms with E-state index < -0.39 is 26.5 Å². The molecule has 220 valence electrons. The molecule has 0 saturated heterocycles. The molecule has 1 unspecified atom stereocenters. The summed E-state index contributed by atoms with van der Waals surface area (Å²) in [5.74, 6) is -0.817. The van der Waals surface area contributed by atoms with E-state index in [1.807, 2.05) is 21.1 Å². The van der Waals surface area contributed by atoms with Crippen molar-refractivity contribution in [3.63, 3.8) is 0 Å². The first-order chi connectivity index (χ1) is 17.5. The number of phosphoric acid groups is 1. The third kappa shape index (κ3) is 25.1. The van der Waals surface area contributed by atoms with Crippen molar-refractivity contribution in [1.82, 2.24) is 0 Å². The summed E-state index contributed by atoms with van der Waals surface area (Å²) in [5.41, 5.74) is 0. The van der Waals surface area contributed by atoms with Gasteiger partial charge in [0, 0.05) is 12.8 Å². The number of ether oxygens (including phenoxy) is 2. The highest BCUT2D eigenvalue weighted by atomic mass is 31.2. The molecule has 37 heavy (non-hydrogen) atoms. The third-order valence-electron chi connectivity index (χ3n) is 5.89. The molecule has 0 bridgehead atoms. The molecule has 0 aliphatic carbocycles. The SMILES string of the molecule is CCCCCCCCCC(=O)O[C@H](COC(=O)CCCCCCCC)COP(=O)(O)OCC[N+](C)(C)C. The summed E-state index contributed by atoms with van der Waals surface area (Å²) in [5, 5.41) is 0. The maximum atomic E-state index is 12.4. The Labute approximate surface area is 225 Å². The second-order valence-corrected chi connectivity index (χ2v) is 12.2. The molecule has 0 aliphatic rings. The molecule has 1 N–H and O–H groups in total. The van der Waals surface area contributed by atoms with Crippen LogP contribution in [0.1, 0.15) is 110 Å². The average molecular weight is 553 g/mol. The van der Waals surface area contributed by atoms with E-state index in [0.717, 1.165) is 44.9 Å². The van der Waals surface area contributed by atoms with E-state index in [2.05, 4.69) is 13.8 Å². The lowest BCUT2D eigenvalue weighted by Crippen LogP contribution is -2.37. The zero-order valence-corrected chi connectivity index (χ0v) is 25.1. The summed E-state index contributed by atoms with van der Waals surface area (Å²) in [6.45, 7) is 4.26. The Morgan fingerprint density at radius 2 is 1.22 bits per heavy atom. The number of esters is 2. The van der Waals surface area contributed by atoms with Gasteiger partial charge in [-0.15, -0.1) is 0 Å². The fourth-order valence-corrected chi connectivity index (χ4v) is 4.28. The van der Waals surface area contributed by atoms with E-state index in [-0.39, 0.29) is 25.6 Å². The zero-order valence-electron chi connectivity index (χ0n) is 24.2. The minimum Gasteiger partial charge on any atom is -0.462 e. The molecule has 0 aliphatic heterocycles. The van der Waals surface area contributed by atoms with E-state index in [9.17, 15) is 19.0 Å². The number of likely N-dealkylation sites (N-methyl/N-ethyl adjacent to an activating group) is 1. The highest BCUT2D eigenvalue weighted by Gasteiger charge is 2.27. The van der Waals surface area contributed by atoms with Crippen LogP contribution in [0.25, 0.3) is 0 Å². The van der Waals surface area contributed by atoms with E-state index in [1.54, 1.807) is 0 Å². The molecule has 9 nitrogen and oxygen atoms in total. The molecule has 0 rings (SSSR count). The summed E-state index contributed by atoms with van der Waals surface area (Å²) < 4.78 is 33.6. The van der Waals surface area contributed by atoms with Crippen LogP contribution in [0.3, 0.4) is 0 Å². The van der Waals surface area contributed by atoms with Crippen LogP contribution in [0.2, 0.25) is 0 Å². The molecule has 0 aromatic carbocycles. The lowest BCUT2D eigenvalue weighted by atomic mass is 10.1. The standard InChI is InChI=1S/C27H54NO8P/c1-6-8-10-12-14-16-18-20-27(30)36-25(23-33-26(29)19-17-15-13-11-9-7-2)24-35-37(31,32)34-22-21-28(3,4)5/h25H,6-24H2,1-5H3/p+1/t25-/m1/s1. The van der Waals surface area contributed by atoms with Crippen molar-refractivity contribution in [2.24, 2.45) is 0 Å². The Bertz CT molecular complexity index is 638. The summed E-state index contributed by atoms with van der Waals surface area (Å²) in [6.07, 6.45) is 13.4. The molecule has 0 heterocycles. The summed E-state index contributed by atoms with van der Waals surface area (Å²) in [7, 11) is 1.48. The van der Waals surface area contributed by atoms with Crippen molar-refractivity contribution in [3.05, 3.63) is 0 Å². The second-order valence-electron chi connectivity index (χ2n) is 10.8. The van der Waals surface area contributed by atoms with Gasteiger partial charge in [-0.2, -0.15) is 0 Å². The fourth-order valence-electron chi connectivity index (χ4n) is 3.54. The molecule has 0 amide bonds. The zero-order chi connectivity index (χ0) is 28.0. The van der Waals surface area contributed by atoms with Crippen LogP contribution in [-0.2, 0) is 32.7 Å². The average Bonchev–Trinajstić information content (AvgIpc) is 2.81. The van der Waals surface area contributed by atoms with Crippen LogP contribution in [0, 0.1) is 0 Å². The maximum Gasteiger partial charge on any atom is 0.472 e. The lowest BCUT2D eigenvalue weighted by molar-refractivity contribution is -0.870. The second kappa shape index (κ2) is 21.9. The summed E-state index contributed by atoms with van der Waals surface area (Å²) in [4.78, 5) is 34.5. The Morgan fingerprint density at radius 3 is 1.73 bits per heavy atom. The molecule has 10 heteroatoms. The molecule has 0 aromatic heterocycles. The van der Waals surface area contributed by atoms with Crippen molar-refractivity contribution in [2.45, 2.75) is 116 Å². The Balaban J connectivity index is 4.59. The molecular formula is C27H55NO8P+. The van der Waals surface area contributed by atoms with Crippen LogP contribution in [-0.4, -0.2) is 74.9 Å². The number of phosphoric ester groups is 1. The van der Waals surface area contributed by atoms with Gasteiger partial charge in [0.15, 0.2) is 6.10 Å². The van der Waals surface area contributed by atoms with E-state index >= 15 is 0 Å². The lowest BCUT2D eigenvalue weighted by Gasteiger charge is -2.24. The highest BCUT2D eigenvalue weighted by Crippen LogP contribution is 2.43. The number of nitrogens with zero attached hydrogens (tertiary/aromatic N) is 1. The molecule has 0 saturated carbocycles. The van der Waals surface area contributed by atoms with Crippen molar-refractivity contribution in [2.75, 3.05) is 47.5 Å². The van der Waals surface area contributed by atoms with E-state index in [0.29, 0.717) is 23.9 Å². The highest BCUT2D eigenvalue weighted by molar-refractivity contribution is 7.47. The van der Waals surface area contributed by atoms with Crippen LogP contribution in [0.15, 0.2) is 0 Å². The van der Waals surface area contributed by atoms with Crippen molar-refractivity contribution >= 4 is 19.8 Å². The number of rotatable bonds is 25. The molecule has 0 fully saturated rings. The third-order valence-corrected chi connectivity index (χ3v) is 6.87. The molecule has 0 radical (unpaired) electrons. The summed E-state index contributed by atoms with van der Waals surface area (Å²) >= 11 is 0. The first kappa shape index (κ1) is 36.0. The number of hydrogen-bond donors (Lipinski definition) is 1. The molecule has 0 spiro atoms. The van der Waals surface area contributed by atoms with Gasteiger partial charge in [0.25, 0.3) is 0 Å². The molecule has 0 aromatic rings.